The van der Waals surface area contributed by atoms with Crippen LogP contribution < -0.4 is 0 Å². The summed E-state index contributed by atoms with van der Waals surface area (Å²) in [6, 6.07) is 0. The zero-order chi connectivity index (χ0) is 16.9. The summed E-state index contributed by atoms with van der Waals surface area (Å²) in [4.78, 5) is 24.1. The molecule has 1 heterocycles. The van der Waals surface area contributed by atoms with Gasteiger partial charge in [0.1, 0.15) is 26.1 Å². The normalized spacial score (nSPS) is 25.7. The first-order valence-electron chi connectivity index (χ1n) is 7.10. The van der Waals surface area contributed by atoms with Crippen molar-refractivity contribution in [1.29, 1.82) is 0 Å². The van der Waals surface area contributed by atoms with E-state index in [1.807, 2.05) is 6.92 Å². The summed E-state index contributed by atoms with van der Waals surface area (Å²) in [6.45, 7) is 2.49. The molecule has 0 amide bonds. The Balaban J connectivity index is 2.02. The minimum Gasteiger partial charge on any atom is -0.465 e. The largest absolute Gasteiger partial charge is 0.465 e. The van der Waals surface area contributed by atoms with Crippen molar-refractivity contribution in [2.75, 3.05) is 34.2 Å². The maximum atomic E-state index is 12.3. The van der Waals surface area contributed by atoms with Crippen molar-refractivity contribution in [3.8, 4) is 0 Å². The monoisotopic (exact) mass is 328 g/mol. The Morgan fingerprint density at radius 2 is 1.96 bits per heavy atom. The van der Waals surface area contributed by atoms with E-state index in [1.165, 1.54) is 7.11 Å². The van der Waals surface area contributed by atoms with Gasteiger partial charge in [-0.25, -0.2) is 9.59 Å². The molecule has 2 aliphatic rings. The van der Waals surface area contributed by atoms with Crippen molar-refractivity contribution in [2.45, 2.75) is 25.0 Å². The van der Waals surface area contributed by atoms with E-state index < -0.39 is 23.6 Å². The standard InChI is InChI=1S/C15H20O8/c1-15(22-9-18-2)5-4-10(8-15)23-13(17)11(12(16)19-3)14-20-6-7-21-14/h4-5,10H,6-9H2,1-3H3/t10-,15-/m1/s1. The van der Waals surface area contributed by atoms with Gasteiger partial charge in [0.2, 0.25) is 5.57 Å². The van der Waals surface area contributed by atoms with Crippen LogP contribution in [0.3, 0.4) is 0 Å². The highest BCUT2D eigenvalue weighted by Crippen LogP contribution is 2.29. The van der Waals surface area contributed by atoms with Crippen molar-refractivity contribution in [3.63, 3.8) is 0 Å². The molecule has 8 heteroatoms. The third-order valence-corrected chi connectivity index (χ3v) is 3.38. The zero-order valence-electron chi connectivity index (χ0n) is 13.3. The lowest BCUT2D eigenvalue weighted by Gasteiger charge is -2.23. The molecule has 2 atom stereocenters. The van der Waals surface area contributed by atoms with Gasteiger partial charge in [-0.2, -0.15) is 0 Å². The molecule has 128 valence electrons. The maximum Gasteiger partial charge on any atom is 0.353 e. The molecule has 0 radical (unpaired) electrons. The van der Waals surface area contributed by atoms with Crippen molar-refractivity contribution in [3.05, 3.63) is 23.7 Å². The Morgan fingerprint density at radius 1 is 1.26 bits per heavy atom. The van der Waals surface area contributed by atoms with Crippen LogP contribution in [0.25, 0.3) is 0 Å². The van der Waals surface area contributed by atoms with Crippen molar-refractivity contribution in [2.24, 2.45) is 0 Å². The van der Waals surface area contributed by atoms with Gasteiger partial charge in [-0.1, -0.05) is 6.08 Å². The SMILES string of the molecule is COCO[C@]1(C)C=C[C@@H](OC(=O)C(C(=O)OC)=C2OCCO2)C1. The van der Waals surface area contributed by atoms with Crippen LogP contribution >= 0.6 is 0 Å². The van der Waals surface area contributed by atoms with Crippen LogP contribution in [0.4, 0.5) is 0 Å². The number of methoxy groups -OCH3 is 2. The number of esters is 2. The minimum atomic E-state index is -0.868. The van der Waals surface area contributed by atoms with Crippen molar-refractivity contribution in [1.82, 2.24) is 0 Å². The summed E-state index contributed by atoms with van der Waals surface area (Å²) in [6.07, 6.45) is 3.36. The molecule has 0 spiro atoms. The number of carbonyl (C=O) groups excluding carboxylic acids is 2. The molecule has 0 unspecified atom stereocenters. The second-order valence-corrected chi connectivity index (χ2v) is 5.22. The van der Waals surface area contributed by atoms with E-state index in [2.05, 4.69) is 4.74 Å². The number of rotatable bonds is 6. The maximum absolute atomic E-state index is 12.3. The van der Waals surface area contributed by atoms with E-state index in [9.17, 15) is 9.59 Å². The van der Waals surface area contributed by atoms with Gasteiger partial charge in [0, 0.05) is 13.5 Å². The molecule has 1 aliphatic heterocycles. The number of ether oxygens (including phenoxy) is 6. The van der Waals surface area contributed by atoms with E-state index in [-0.39, 0.29) is 31.5 Å². The Hall–Kier alpha value is -2.06. The predicted octanol–water partition coefficient (Wildman–Crippen LogP) is 0.669. The minimum absolute atomic E-state index is 0.126. The molecule has 0 aromatic rings. The fraction of sp³-hybridized carbons (Fsp3) is 0.600. The highest BCUT2D eigenvalue weighted by atomic mass is 16.7. The van der Waals surface area contributed by atoms with Crippen LogP contribution in [0.2, 0.25) is 0 Å². The molecule has 0 N–H and O–H groups in total. The van der Waals surface area contributed by atoms with Crippen LogP contribution in [0.5, 0.6) is 0 Å². The molecule has 0 saturated carbocycles. The van der Waals surface area contributed by atoms with Crippen molar-refractivity contribution >= 4 is 11.9 Å². The molecular formula is C15H20O8. The van der Waals surface area contributed by atoms with Gasteiger partial charge in [0.05, 0.1) is 12.7 Å². The summed E-state index contributed by atoms with van der Waals surface area (Å²) >= 11 is 0. The fourth-order valence-corrected chi connectivity index (χ4v) is 2.23. The Kier molecular flexibility index (Phi) is 5.62. The summed E-state index contributed by atoms with van der Waals surface area (Å²) in [5.74, 6) is -1.89. The molecule has 1 fully saturated rings. The van der Waals surface area contributed by atoms with Gasteiger partial charge in [-0.3, -0.25) is 0 Å². The van der Waals surface area contributed by atoms with E-state index in [0.717, 1.165) is 7.11 Å². The lowest BCUT2D eigenvalue weighted by atomic mass is 10.1. The molecule has 1 saturated heterocycles. The first kappa shape index (κ1) is 17.3. The van der Waals surface area contributed by atoms with Crippen LogP contribution in [-0.2, 0) is 38.0 Å². The third kappa shape index (κ3) is 4.23. The van der Waals surface area contributed by atoms with Crippen LogP contribution in [0.15, 0.2) is 23.7 Å². The number of hydrogen-bond acceptors (Lipinski definition) is 8. The van der Waals surface area contributed by atoms with E-state index >= 15 is 0 Å². The van der Waals surface area contributed by atoms with Crippen molar-refractivity contribution < 1.29 is 38.0 Å². The molecule has 0 bridgehead atoms. The van der Waals surface area contributed by atoms with Crippen LogP contribution in [-0.4, -0.2) is 57.9 Å². The van der Waals surface area contributed by atoms with E-state index in [0.29, 0.717) is 6.42 Å². The smallest absolute Gasteiger partial charge is 0.353 e. The molecule has 2 rings (SSSR count). The molecular weight excluding hydrogens is 308 g/mol. The van der Waals surface area contributed by atoms with Crippen LogP contribution in [0.1, 0.15) is 13.3 Å². The lowest BCUT2D eigenvalue weighted by molar-refractivity contribution is -0.150. The number of hydrogen-bond donors (Lipinski definition) is 0. The zero-order valence-corrected chi connectivity index (χ0v) is 13.3. The first-order chi connectivity index (χ1) is 11.0. The first-order valence-corrected chi connectivity index (χ1v) is 7.10. The Morgan fingerprint density at radius 3 is 2.57 bits per heavy atom. The summed E-state index contributed by atoms with van der Waals surface area (Å²) in [5, 5.41) is 0. The van der Waals surface area contributed by atoms with Gasteiger partial charge in [-0.05, 0) is 13.0 Å². The highest BCUT2D eigenvalue weighted by molar-refractivity contribution is 6.14. The van der Waals surface area contributed by atoms with Gasteiger partial charge >= 0.3 is 17.9 Å². The van der Waals surface area contributed by atoms with Gasteiger partial charge < -0.3 is 28.4 Å². The Labute approximate surface area is 133 Å². The van der Waals surface area contributed by atoms with Crippen LogP contribution in [0, 0.1) is 0 Å². The molecule has 0 aromatic heterocycles. The summed E-state index contributed by atoms with van der Waals surface area (Å²) in [5.41, 5.74) is -0.982. The highest BCUT2D eigenvalue weighted by Gasteiger charge is 2.37. The average molecular weight is 328 g/mol. The Bertz CT molecular complexity index is 516. The lowest BCUT2D eigenvalue weighted by Crippen LogP contribution is -2.29. The number of carbonyl (C=O) groups is 2. The third-order valence-electron chi connectivity index (χ3n) is 3.38. The van der Waals surface area contributed by atoms with Gasteiger partial charge in [-0.15, -0.1) is 0 Å². The summed E-state index contributed by atoms with van der Waals surface area (Å²) in [7, 11) is 2.69. The quantitative estimate of drug-likeness (QED) is 0.175. The second-order valence-electron chi connectivity index (χ2n) is 5.22. The molecule has 8 nitrogen and oxygen atoms in total. The molecule has 1 aliphatic carbocycles. The predicted molar refractivity (Wildman–Crippen MR) is 75.9 cm³/mol. The second kappa shape index (κ2) is 7.47. The topological polar surface area (TPSA) is 89.5 Å². The van der Waals surface area contributed by atoms with Gasteiger partial charge in [0.15, 0.2) is 0 Å². The fourth-order valence-electron chi connectivity index (χ4n) is 2.23. The average Bonchev–Trinajstić information content (AvgIpc) is 3.16. The van der Waals surface area contributed by atoms with E-state index in [1.54, 1.807) is 12.2 Å². The molecule has 0 aromatic carbocycles. The molecule has 23 heavy (non-hydrogen) atoms. The van der Waals surface area contributed by atoms with Gasteiger partial charge in [0.25, 0.3) is 0 Å². The van der Waals surface area contributed by atoms with E-state index in [4.69, 9.17) is 23.7 Å². The summed E-state index contributed by atoms with van der Waals surface area (Å²) < 4.78 is 30.5.